The zero-order valence-corrected chi connectivity index (χ0v) is 16.9. The molecule has 1 heterocycles. The van der Waals surface area contributed by atoms with Gasteiger partial charge in [0.05, 0.1) is 11.8 Å². The third-order valence-electron chi connectivity index (χ3n) is 4.79. The van der Waals surface area contributed by atoms with Gasteiger partial charge < -0.3 is 10.1 Å². The Labute approximate surface area is 183 Å². The highest BCUT2D eigenvalue weighted by Crippen LogP contribution is 2.26. The molecule has 0 radical (unpaired) electrons. The van der Waals surface area contributed by atoms with Crippen LogP contribution in [0.5, 0.6) is 5.75 Å². The van der Waals surface area contributed by atoms with Crippen molar-refractivity contribution in [2.24, 2.45) is 0 Å². The Morgan fingerprint density at radius 2 is 1.78 bits per heavy atom. The average molecular weight is 428 g/mol. The van der Waals surface area contributed by atoms with E-state index in [-0.39, 0.29) is 12.5 Å². The topological polar surface area (TPSA) is 116 Å². The standard InChI is InChI=1S/C24H20N4O4/c29-23(26-22-12-13-25-27-22)19(14-16-8-10-18(11-9-16)24(30)28-31)15-32-21-7-3-5-17-4-1-2-6-20(17)21/h1-14,31H,15H2,(H,28,30)(H2,25,26,27,29). The van der Waals surface area contributed by atoms with E-state index in [0.29, 0.717) is 28.3 Å². The van der Waals surface area contributed by atoms with E-state index in [2.05, 4.69) is 15.5 Å². The van der Waals surface area contributed by atoms with Gasteiger partial charge in [-0.05, 0) is 35.2 Å². The molecule has 1 aromatic heterocycles. The summed E-state index contributed by atoms with van der Waals surface area (Å²) in [5, 5.41) is 20.0. The lowest BCUT2D eigenvalue weighted by molar-refractivity contribution is -0.113. The van der Waals surface area contributed by atoms with Crippen molar-refractivity contribution in [1.29, 1.82) is 0 Å². The van der Waals surface area contributed by atoms with E-state index in [0.717, 1.165) is 10.8 Å². The molecular formula is C24H20N4O4. The van der Waals surface area contributed by atoms with Crippen LogP contribution in [0.3, 0.4) is 0 Å². The Morgan fingerprint density at radius 3 is 2.53 bits per heavy atom. The van der Waals surface area contributed by atoms with E-state index in [1.807, 2.05) is 42.5 Å². The number of rotatable bonds is 7. The number of benzene rings is 3. The van der Waals surface area contributed by atoms with Crippen molar-refractivity contribution in [2.75, 3.05) is 11.9 Å². The summed E-state index contributed by atoms with van der Waals surface area (Å²) in [4.78, 5) is 24.4. The number of hydrogen-bond acceptors (Lipinski definition) is 5. The summed E-state index contributed by atoms with van der Waals surface area (Å²) >= 11 is 0. The van der Waals surface area contributed by atoms with Crippen LogP contribution in [0, 0.1) is 0 Å². The summed E-state index contributed by atoms with van der Waals surface area (Å²) in [5.41, 5.74) is 2.94. The molecule has 0 aliphatic heterocycles. The van der Waals surface area contributed by atoms with Gasteiger partial charge in [-0.15, -0.1) is 0 Å². The van der Waals surface area contributed by atoms with Gasteiger partial charge in [0.2, 0.25) is 0 Å². The predicted octanol–water partition coefficient (Wildman–Crippen LogP) is 3.78. The van der Waals surface area contributed by atoms with E-state index >= 15 is 0 Å². The first-order valence-electron chi connectivity index (χ1n) is 9.80. The molecule has 4 N–H and O–H groups in total. The number of hydroxylamine groups is 1. The number of H-pyrrole nitrogens is 1. The number of hydrogen-bond donors (Lipinski definition) is 4. The van der Waals surface area contributed by atoms with Gasteiger partial charge in [0.15, 0.2) is 0 Å². The Bertz CT molecular complexity index is 1260. The summed E-state index contributed by atoms with van der Waals surface area (Å²) in [6.45, 7) is 0.0207. The third-order valence-corrected chi connectivity index (χ3v) is 4.79. The second kappa shape index (κ2) is 9.59. The van der Waals surface area contributed by atoms with E-state index in [1.165, 1.54) is 6.20 Å². The van der Waals surface area contributed by atoms with Gasteiger partial charge in [0.25, 0.3) is 11.8 Å². The minimum absolute atomic E-state index is 0.0207. The van der Waals surface area contributed by atoms with E-state index in [9.17, 15) is 9.59 Å². The summed E-state index contributed by atoms with van der Waals surface area (Å²) in [6, 6.07) is 21.7. The summed E-state index contributed by atoms with van der Waals surface area (Å²) in [7, 11) is 0. The van der Waals surface area contributed by atoms with E-state index in [4.69, 9.17) is 9.94 Å². The van der Waals surface area contributed by atoms with Crippen molar-refractivity contribution >= 4 is 34.5 Å². The molecular weight excluding hydrogens is 408 g/mol. The van der Waals surface area contributed by atoms with Gasteiger partial charge >= 0.3 is 0 Å². The summed E-state index contributed by atoms with van der Waals surface area (Å²) in [5.74, 6) is 0.156. The molecule has 0 saturated heterocycles. The number of fused-ring (bicyclic) bond motifs is 1. The van der Waals surface area contributed by atoms with Gasteiger partial charge in [-0.1, -0.05) is 48.5 Å². The molecule has 0 aliphatic carbocycles. The van der Waals surface area contributed by atoms with E-state index in [1.54, 1.807) is 41.9 Å². The number of aromatic nitrogens is 2. The minimum Gasteiger partial charge on any atom is -0.488 e. The van der Waals surface area contributed by atoms with Crippen molar-refractivity contribution in [3.8, 4) is 5.75 Å². The van der Waals surface area contributed by atoms with Crippen molar-refractivity contribution in [3.63, 3.8) is 0 Å². The second-order valence-corrected chi connectivity index (χ2v) is 6.92. The normalized spacial score (nSPS) is 11.2. The number of aromatic amines is 1. The maximum Gasteiger partial charge on any atom is 0.274 e. The van der Waals surface area contributed by atoms with Crippen LogP contribution < -0.4 is 15.5 Å². The van der Waals surface area contributed by atoms with Crippen LogP contribution in [0.2, 0.25) is 0 Å². The molecule has 2 amide bonds. The van der Waals surface area contributed by atoms with Crippen molar-refractivity contribution in [3.05, 3.63) is 95.7 Å². The van der Waals surface area contributed by atoms with Gasteiger partial charge in [0, 0.05) is 17.0 Å². The van der Waals surface area contributed by atoms with Crippen molar-refractivity contribution < 1.29 is 19.5 Å². The fourth-order valence-electron chi connectivity index (χ4n) is 3.17. The van der Waals surface area contributed by atoms with Gasteiger partial charge in [-0.3, -0.25) is 19.9 Å². The highest BCUT2D eigenvalue weighted by Gasteiger charge is 2.13. The molecule has 4 aromatic rings. The average Bonchev–Trinajstić information content (AvgIpc) is 3.34. The van der Waals surface area contributed by atoms with Gasteiger partial charge in [0.1, 0.15) is 18.2 Å². The van der Waals surface area contributed by atoms with Crippen molar-refractivity contribution in [1.82, 2.24) is 15.7 Å². The van der Waals surface area contributed by atoms with Crippen LogP contribution in [0.1, 0.15) is 15.9 Å². The first-order valence-corrected chi connectivity index (χ1v) is 9.80. The maximum atomic E-state index is 12.9. The molecule has 0 fully saturated rings. The second-order valence-electron chi connectivity index (χ2n) is 6.92. The third kappa shape index (κ3) is 4.82. The zero-order valence-electron chi connectivity index (χ0n) is 16.9. The molecule has 8 heteroatoms. The summed E-state index contributed by atoms with van der Waals surface area (Å²) in [6.07, 6.45) is 3.22. The summed E-state index contributed by atoms with van der Waals surface area (Å²) < 4.78 is 6.02. The monoisotopic (exact) mass is 428 g/mol. The van der Waals surface area contributed by atoms with Crippen LogP contribution in [0.4, 0.5) is 5.82 Å². The Kier molecular flexibility index (Phi) is 6.24. The number of carbonyl (C=O) groups excluding carboxylic acids is 2. The molecule has 0 aliphatic rings. The minimum atomic E-state index is -0.614. The first-order chi connectivity index (χ1) is 15.6. The molecule has 0 spiro atoms. The fraction of sp³-hybridized carbons (Fsp3) is 0.0417. The zero-order chi connectivity index (χ0) is 22.3. The lowest BCUT2D eigenvalue weighted by atomic mass is 10.1. The van der Waals surface area contributed by atoms with Crippen LogP contribution in [0.25, 0.3) is 16.8 Å². The Morgan fingerprint density at radius 1 is 1.00 bits per heavy atom. The highest BCUT2D eigenvalue weighted by molar-refractivity contribution is 6.06. The molecule has 3 aromatic carbocycles. The largest absolute Gasteiger partial charge is 0.488 e. The Hall–Kier alpha value is -4.43. The molecule has 8 nitrogen and oxygen atoms in total. The first kappa shape index (κ1) is 20.8. The number of amides is 2. The maximum absolute atomic E-state index is 12.9. The Balaban J connectivity index is 1.60. The molecule has 0 unspecified atom stereocenters. The quantitative estimate of drug-likeness (QED) is 0.203. The molecule has 160 valence electrons. The lowest BCUT2D eigenvalue weighted by Gasteiger charge is -2.12. The number of carbonyl (C=O) groups is 2. The smallest absolute Gasteiger partial charge is 0.274 e. The SMILES string of the molecule is O=C(Nc1ccn[nH]1)C(=Cc1ccc(C(=O)NO)cc1)COc1cccc2ccccc12. The number of nitrogens with one attached hydrogen (secondary N) is 3. The molecule has 0 saturated carbocycles. The van der Waals surface area contributed by atoms with Crippen LogP contribution in [-0.4, -0.2) is 33.8 Å². The predicted molar refractivity (Wildman–Crippen MR) is 120 cm³/mol. The fourth-order valence-corrected chi connectivity index (χ4v) is 3.17. The van der Waals surface area contributed by atoms with E-state index < -0.39 is 5.91 Å². The lowest BCUT2D eigenvalue weighted by Crippen LogP contribution is -2.19. The number of nitrogens with zero attached hydrogens (tertiary/aromatic N) is 1. The van der Waals surface area contributed by atoms with Crippen LogP contribution in [-0.2, 0) is 4.79 Å². The molecule has 4 rings (SSSR count). The molecule has 0 bridgehead atoms. The number of anilines is 1. The highest BCUT2D eigenvalue weighted by atomic mass is 16.5. The van der Waals surface area contributed by atoms with Crippen LogP contribution >= 0.6 is 0 Å². The molecule has 32 heavy (non-hydrogen) atoms. The molecule has 0 atom stereocenters. The van der Waals surface area contributed by atoms with Gasteiger partial charge in [-0.2, -0.15) is 5.10 Å². The van der Waals surface area contributed by atoms with Crippen LogP contribution in [0.15, 0.2) is 84.6 Å². The number of ether oxygens (including phenoxy) is 1. The van der Waals surface area contributed by atoms with Crippen molar-refractivity contribution in [2.45, 2.75) is 0 Å². The van der Waals surface area contributed by atoms with Gasteiger partial charge in [-0.25, -0.2) is 5.48 Å².